The summed E-state index contributed by atoms with van der Waals surface area (Å²) >= 11 is 0. The minimum absolute atomic E-state index is 0.0629. The van der Waals surface area contributed by atoms with Crippen molar-refractivity contribution in [2.75, 3.05) is 13.7 Å². The lowest BCUT2D eigenvalue weighted by Gasteiger charge is -2.09. The van der Waals surface area contributed by atoms with E-state index in [9.17, 15) is 18.3 Å². The largest absolute Gasteiger partial charge is 0.507 e. The highest BCUT2D eigenvalue weighted by molar-refractivity contribution is 7.89. The normalized spacial score (nSPS) is 14.9. The highest BCUT2D eigenvalue weighted by atomic mass is 32.2. The van der Waals surface area contributed by atoms with Crippen molar-refractivity contribution in [3.63, 3.8) is 0 Å². The fourth-order valence-corrected chi connectivity index (χ4v) is 3.14. The van der Waals surface area contributed by atoms with Gasteiger partial charge >= 0.3 is 5.97 Å². The maximum absolute atomic E-state index is 12.1. The van der Waals surface area contributed by atoms with E-state index in [0.717, 1.165) is 24.8 Å². The minimum Gasteiger partial charge on any atom is -0.507 e. The number of carbonyl (C=O) groups excluding carboxylic acids is 1. The molecule has 1 saturated carbocycles. The molecule has 1 aliphatic carbocycles. The van der Waals surface area contributed by atoms with Gasteiger partial charge in [0.2, 0.25) is 10.0 Å². The molecule has 1 fully saturated rings. The van der Waals surface area contributed by atoms with Gasteiger partial charge in [0.1, 0.15) is 11.3 Å². The SMILES string of the molecule is COC(=O)c1cc(S(=O)(=O)NCCCC2CC2)ccc1O. The molecule has 6 nitrogen and oxygen atoms in total. The predicted octanol–water partition coefficient (Wildman–Crippen LogP) is 1.65. The van der Waals surface area contributed by atoms with Crippen molar-refractivity contribution in [1.82, 2.24) is 4.72 Å². The molecule has 0 amide bonds. The highest BCUT2D eigenvalue weighted by Crippen LogP contribution is 2.33. The second kappa shape index (κ2) is 6.44. The topological polar surface area (TPSA) is 92.7 Å². The number of hydrogen-bond acceptors (Lipinski definition) is 5. The molecule has 0 saturated heterocycles. The average molecular weight is 313 g/mol. The summed E-state index contributed by atoms with van der Waals surface area (Å²) in [6.45, 7) is 0.368. The fourth-order valence-electron chi connectivity index (χ4n) is 2.04. The Labute approximate surface area is 124 Å². The first-order chi connectivity index (χ1) is 9.94. The van der Waals surface area contributed by atoms with Crippen LogP contribution >= 0.6 is 0 Å². The van der Waals surface area contributed by atoms with Crippen LogP contribution in [0.25, 0.3) is 0 Å². The Morgan fingerprint density at radius 1 is 1.43 bits per heavy atom. The number of carbonyl (C=O) groups is 1. The zero-order valence-electron chi connectivity index (χ0n) is 11.8. The first kappa shape index (κ1) is 15.8. The lowest BCUT2D eigenvalue weighted by Crippen LogP contribution is -2.25. The number of phenols is 1. The summed E-state index contributed by atoms with van der Waals surface area (Å²) in [6, 6.07) is 3.54. The van der Waals surface area contributed by atoms with E-state index < -0.39 is 16.0 Å². The van der Waals surface area contributed by atoms with Crippen LogP contribution in [-0.4, -0.2) is 33.1 Å². The smallest absolute Gasteiger partial charge is 0.341 e. The van der Waals surface area contributed by atoms with Gasteiger partial charge in [-0.1, -0.05) is 12.8 Å². The number of nitrogens with one attached hydrogen (secondary N) is 1. The lowest BCUT2D eigenvalue weighted by atomic mass is 10.2. The number of benzene rings is 1. The van der Waals surface area contributed by atoms with Crippen LogP contribution in [0.5, 0.6) is 5.75 Å². The molecular weight excluding hydrogens is 294 g/mol. The lowest BCUT2D eigenvalue weighted by molar-refractivity contribution is 0.0597. The van der Waals surface area contributed by atoms with Crippen LogP contribution < -0.4 is 4.72 Å². The van der Waals surface area contributed by atoms with E-state index in [-0.39, 0.29) is 16.2 Å². The molecule has 1 aromatic carbocycles. The summed E-state index contributed by atoms with van der Waals surface area (Å²) in [5.74, 6) is -0.332. The van der Waals surface area contributed by atoms with Gasteiger partial charge in [0.05, 0.1) is 12.0 Å². The van der Waals surface area contributed by atoms with E-state index >= 15 is 0 Å². The van der Waals surface area contributed by atoms with Crippen LogP contribution in [0.3, 0.4) is 0 Å². The Morgan fingerprint density at radius 2 is 2.14 bits per heavy atom. The zero-order valence-corrected chi connectivity index (χ0v) is 12.6. The van der Waals surface area contributed by atoms with Crippen LogP contribution in [0.4, 0.5) is 0 Å². The Hall–Kier alpha value is -1.60. The van der Waals surface area contributed by atoms with Gasteiger partial charge < -0.3 is 9.84 Å². The quantitative estimate of drug-likeness (QED) is 0.590. The van der Waals surface area contributed by atoms with Crippen molar-refractivity contribution in [2.24, 2.45) is 5.92 Å². The van der Waals surface area contributed by atoms with Crippen LogP contribution in [0.2, 0.25) is 0 Å². The van der Waals surface area contributed by atoms with Crippen molar-refractivity contribution in [3.8, 4) is 5.75 Å². The molecule has 1 aromatic rings. The Bertz CT molecular complexity index is 622. The first-order valence-corrected chi connectivity index (χ1v) is 8.33. The van der Waals surface area contributed by atoms with Gasteiger partial charge in [0, 0.05) is 6.54 Å². The zero-order chi connectivity index (χ0) is 15.5. The monoisotopic (exact) mass is 313 g/mol. The second-order valence-corrected chi connectivity index (χ2v) is 6.92. The maximum atomic E-state index is 12.1. The van der Waals surface area contributed by atoms with Gasteiger partial charge in [-0.3, -0.25) is 0 Å². The second-order valence-electron chi connectivity index (χ2n) is 5.15. The van der Waals surface area contributed by atoms with E-state index in [4.69, 9.17) is 0 Å². The van der Waals surface area contributed by atoms with Crippen LogP contribution in [-0.2, 0) is 14.8 Å². The molecule has 0 bridgehead atoms. The molecule has 0 radical (unpaired) electrons. The molecule has 0 aromatic heterocycles. The molecule has 0 atom stereocenters. The number of aromatic hydroxyl groups is 1. The summed E-state index contributed by atoms with van der Waals surface area (Å²) in [4.78, 5) is 11.4. The number of hydrogen-bond donors (Lipinski definition) is 2. The summed E-state index contributed by atoms with van der Waals surface area (Å²) in [5, 5.41) is 9.57. The highest BCUT2D eigenvalue weighted by Gasteiger charge is 2.22. The molecule has 7 heteroatoms. The number of methoxy groups -OCH3 is 1. The van der Waals surface area contributed by atoms with Gasteiger partial charge in [0.25, 0.3) is 0 Å². The third-order valence-electron chi connectivity index (χ3n) is 3.46. The van der Waals surface area contributed by atoms with Crippen molar-refractivity contribution in [1.29, 1.82) is 0 Å². The number of sulfonamides is 1. The summed E-state index contributed by atoms with van der Waals surface area (Å²) in [5.41, 5.74) is -0.168. The van der Waals surface area contributed by atoms with Gasteiger partial charge in [-0.05, 0) is 37.0 Å². The minimum atomic E-state index is -3.69. The molecule has 2 rings (SSSR count). The standard InChI is InChI=1S/C14H19NO5S/c1-20-14(17)12-9-11(6-7-13(12)16)21(18,19)15-8-2-3-10-4-5-10/h6-7,9-10,15-16H,2-5,8H2,1H3. The van der Waals surface area contributed by atoms with Gasteiger partial charge in [-0.15, -0.1) is 0 Å². The molecule has 2 N–H and O–H groups in total. The van der Waals surface area contributed by atoms with Crippen LogP contribution in [0.1, 0.15) is 36.0 Å². The van der Waals surface area contributed by atoms with Crippen LogP contribution in [0, 0.1) is 5.92 Å². The molecular formula is C14H19NO5S. The van der Waals surface area contributed by atoms with Gasteiger partial charge in [-0.2, -0.15) is 0 Å². The third kappa shape index (κ3) is 4.18. The third-order valence-corrected chi connectivity index (χ3v) is 4.92. The van der Waals surface area contributed by atoms with E-state index in [1.807, 2.05) is 0 Å². The average Bonchev–Trinajstić information content (AvgIpc) is 3.27. The van der Waals surface area contributed by atoms with E-state index in [1.54, 1.807) is 0 Å². The van der Waals surface area contributed by atoms with Crippen molar-refractivity contribution in [2.45, 2.75) is 30.6 Å². The number of ether oxygens (including phenoxy) is 1. The van der Waals surface area contributed by atoms with Gasteiger partial charge in [0.15, 0.2) is 0 Å². The van der Waals surface area contributed by atoms with Crippen molar-refractivity contribution < 1.29 is 23.1 Å². The Balaban J connectivity index is 2.05. The van der Waals surface area contributed by atoms with E-state index in [2.05, 4.69) is 9.46 Å². The Morgan fingerprint density at radius 3 is 2.76 bits per heavy atom. The molecule has 21 heavy (non-hydrogen) atoms. The van der Waals surface area contributed by atoms with E-state index in [0.29, 0.717) is 6.54 Å². The molecule has 0 spiro atoms. The van der Waals surface area contributed by atoms with Crippen molar-refractivity contribution >= 4 is 16.0 Å². The van der Waals surface area contributed by atoms with Crippen molar-refractivity contribution in [3.05, 3.63) is 23.8 Å². The molecule has 0 unspecified atom stereocenters. The number of phenolic OH excluding ortho intramolecular Hbond substituents is 1. The number of rotatable bonds is 7. The number of esters is 1. The summed E-state index contributed by atoms with van der Waals surface area (Å²) in [6.07, 6.45) is 4.32. The van der Waals surface area contributed by atoms with Crippen LogP contribution in [0.15, 0.2) is 23.1 Å². The molecule has 0 heterocycles. The Kier molecular flexibility index (Phi) is 4.84. The fraction of sp³-hybridized carbons (Fsp3) is 0.500. The maximum Gasteiger partial charge on any atom is 0.341 e. The summed E-state index contributed by atoms with van der Waals surface area (Å²) < 4.78 is 31.2. The first-order valence-electron chi connectivity index (χ1n) is 6.85. The summed E-state index contributed by atoms with van der Waals surface area (Å²) in [7, 11) is -2.52. The van der Waals surface area contributed by atoms with E-state index in [1.165, 1.54) is 32.1 Å². The predicted molar refractivity (Wildman–Crippen MR) is 76.6 cm³/mol. The van der Waals surface area contributed by atoms with Gasteiger partial charge in [-0.25, -0.2) is 17.9 Å². The molecule has 1 aliphatic rings. The molecule has 0 aliphatic heterocycles. The molecule has 116 valence electrons.